The van der Waals surface area contributed by atoms with Crippen molar-refractivity contribution in [2.45, 2.75) is 6.42 Å². The number of nitrogens with zero attached hydrogens (tertiary/aromatic N) is 4. The fraction of sp³-hybridized carbons (Fsp3) is 0.286. The maximum Gasteiger partial charge on any atom is 0.249 e. The van der Waals surface area contributed by atoms with Gasteiger partial charge in [-0.2, -0.15) is 0 Å². The van der Waals surface area contributed by atoms with Crippen molar-refractivity contribution in [1.29, 1.82) is 0 Å². The summed E-state index contributed by atoms with van der Waals surface area (Å²) in [7, 11) is 5.68. The number of ether oxygens (including phenoxy) is 2. The Hall–Kier alpha value is -3.17. The van der Waals surface area contributed by atoms with Crippen LogP contribution in [-0.4, -0.2) is 49.4 Å². The SMILES string of the molecule is COCCCOc1nc2cccnc2nc1C#Cc1ccc(N(C)C)cc1. The lowest BCUT2D eigenvalue weighted by Gasteiger charge is -2.11. The predicted molar refractivity (Wildman–Crippen MR) is 106 cm³/mol. The van der Waals surface area contributed by atoms with Crippen LogP contribution in [0.5, 0.6) is 5.88 Å². The van der Waals surface area contributed by atoms with E-state index in [1.165, 1.54) is 0 Å². The lowest BCUT2D eigenvalue weighted by atomic mass is 10.2. The van der Waals surface area contributed by atoms with Gasteiger partial charge in [-0.05, 0) is 42.3 Å². The number of hydrogen-bond acceptors (Lipinski definition) is 6. The van der Waals surface area contributed by atoms with E-state index < -0.39 is 0 Å². The molecule has 0 spiro atoms. The topological polar surface area (TPSA) is 60.4 Å². The average molecular weight is 362 g/mol. The van der Waals surface area contributed by atoms with Gasteiger partial charge in [0.25, 0.3) is 0 Å². The smallest absolute Gasteiger partial charge is 0.249 e. The molecule has 27 heavy (non-hydrogen) atoms. The van der Waals surface area contributed by atoms with E-state index in [9.17, 15) is 0 Å². The Morgan fingerprint density at radius 2 is 1.81 bits per heavy atom. The Morgan fingerprint density at radius 1 is 1.00 bits per heavy atom. The van der Waals surface area contributed by atoms with Gasteiger partial charge in [0.15, 0.2) is 11.3 Å². The summed E-state index contributed by atoms with van der Waals surface area (Å²) in [6.45, 7) is 1.11. The second-order valence-corrected chi connectivity index (χ2v) is 6.11. The third-order valence-electron chi connectivity index (χ3n) is 3.85. The molecule has 0 bridgehead atoms. The Morgan fingerprint density at radius 3 is 2.56 bits per heavy atom. The van der Waals surface area contributed by atoms with Gasteiger partial charge in [-0.15, -0.1) is 0 Å². The highest BCUT2D eigenvalue weighted by molar-refractivity contribution is 5.71. The zero-order valence-electron chi connectivity index (χ0n) is 15.8. The van der Waals surface area contributed by atoms with E-state index in [-0.39, 0.29) is 0 Å². The van der Waals surface area contributed by atoms with Crippen molar-refractivity contribution in [2.75, 3.05) is 39.3 Å². The van der Waals surface area contributed by atoms with E-state index in [1.807, 2.05) is 55.4 Å². The molecule has 0 aliphatic heterocycles. The summed E-state index contributed by atoms with van der Waals surface area (Å²) in [5.74, 6) is 6.63. The second-order valence-electron chi connectivity index (χ2n) is 6.11. The molecule has 6 heteroatoms. The quantitative estimate of drug-likeness (QED) is 0.496. The van der Waals surface area contributed by atoms with Crippen LogP contribution in [0.15, 0.2) is 42.6 Å². The van der Waals surface area contributed by atoms with Gasteiger partial charge < -0.3 is 14.4 Å². The predicted octanol–water partition coefficient (Wildman–Crippen LogP) is 2.91. The van der Waals surface area contributed by atoms with Crippen molar-refractivity contribution in [3.8, 4) is 17.7 Å². The van der Waals surface area contributed by atoms with E-state index >= 15 is 0 Å². The van der Waals surface area contributed by atoms with Crippen molar-refractivity contribution in [2.24, 2.45) is 0 Å². The van der Waals surface area contributed by atoms with E-state index in [4.69, 9.17) is 9.47 Å². The molecule has 0 amide bonds. The van der Waals surface area contributed by atoms with Gasteiger partial charge in [0.1, 0.15) is 5.52 Å². The van der Waals surface area contributed by atoms with Gasteiger partial charge in [-0.3, -0.25) is 0 Å². The zero-order chi connectivity index (χ0) is 19.1. The summed E-state index contributed by atoms with van der Waals surface area (Å²) < 4.78 is 10.9. The van der Waals surface area contributed by atoms with Crippen LogP contribution >= 0.6 is 0 Å². The highest BCUT2D eigenvalue weighted by Crippen LogP contribution is 2.17. The van der Waals surface area contributed by atoms with Gasteiger partial charge in [-0.1, -0.05) is 5.92 Å². The summed E-state index contributed by atoms with van der Waals surface area (Å²) in [6.07, 6.45) is 2.45. The summed E-state index contributed by atoms with van der Waals surface area (Å²) in [5.41, 5.74) is 3.73. The summed E-state index contributed by atoms with van der Waals surface area (Å²) >= 11 is 0. The first-order valence-corrected chi connectivity index (χ1v) is 8.71. The highest BCUT2D eigenvalue weighted by atomic mass is 16.5. The number of pyridine rings is 1. The molecule has 0 fully saturated rings. The molecular weight excluding hydrogens is 340 g/mol. The van der Waals surface area contributed by atoms with Crippen LogP contribution in [0.2, 0.25) is 0 Å². The van der Waals surface area contributed by atoms with Crippen molar-refractivity contribution in [1.82, 2.24) is 15.0 Å². The fourth-order valence-corrected chi connectivity index (χ4v) is 2.41. The maximum absolute atomic E-state index is 5.80. The molecule has 0 aliphatic carbocycles. The molecule has 0 unspecified atom stereocenters. The second kappa shape index (κ2) is 8.97. The minimum Gasteiger partial charge on any atom is -0.476 e. The third kappa shape index (κ3) is 4.93. The lowest BCUT2D eigenvalue weighted by Crippen LogP contribution is -2.07. The van der Waals surface area contributed by atoms with Gasteiger partial charge in [0.05, 0.1) is 6.61 Å². The van der Waals surface area contributed by atoms with Crippen LogP contribution in [0, 0.1) is 11.8 Å². The molecule has 0 radical (unpaired) electrons. The normalized spacial score (nSPS) is 10.3. The van der Waals surface area contributed by atoms with E-state index in [0.717, 1.165) is 17.7 Å². The van der Waals surface area contributed by atoms with Crippen LogP contribution in [0.4, 0.5) is 5.69 Å². The minimum absolute atomic E-state index is 0.420. The largest absolute Gasteiger partial charge is 0.476 e. The van der Waals surface area contributed by atoms with E-state index in [1.54, 1.807) is 13.3 Å². The van der Waals surface area contributed by atoms with Gasteiger partial charge in [-0.25, -0.2) is 15.0 Å². The van der Waals surface area contributed by atoms with Crippen LogP contribution < -0.4 is 9.64 Å². The first kappa shape index (κ1) is 18.6. The lowest BCUT2D eigenvalue weighted by molar-refractivity contribution is 0.170. The van der Waals surface area contributed by atoms with Crippen molar-refractivity contribution in [3.63, 3.8) is 0 Å². The molecule has 3 aromatic rings. The van der Waals surface area contributed by atoms with E-state index in [2.05, 4.69) is 26.8 Å². The Bertz CT molecular complexity index is 959. The number of aromatic nitrogens is 3. The molecule has 1 aromatic carbocycles. The minimum atomic E-state index is 0.420. The number of anilines is 1. The van der Waals surface area contributed by atoms with Crippen LogP contribution in [0.25, 0.3) is 11.2 Å². The maximum atomic E-state index is 5.80. The standard InChI is InChI=1S/C21H22N4O2/c1-25(2)17-10-7-16(8-11-17)9-12-19-21(27-15-5-14-26-3)24-18-6-4-13-22-20(18)23-19/h4,6-8,10-11,13H,5,14-15H2,1-3H3. The Kier molecular flexibility index (Phi) is 6.18. The average Bonchev–Trinajstić information content (AvgIpc) is 2.69. The number of rotatable bonds is 6. The molecule has 3 rings (SSSR count). The Balaban J connectivity index is 1.89. The van der Waals surface area contributed by atoms with Gasteiger partial charge in [0, 0.05) is 51.7 Å². The van der Waals surface area contributed by atoms with Gasteiger partial charge >= 0.3 is 0 Å². The Labute approximate surface area is 159 Å². The molecular formula is C21H22N4O2. The van der Waals surface area contributed by atoms with Crippen LogP contribution in [-0.2, 0) is 4.74 Å². The summed E-state index contributed by atoms with van der Waals surface area (Å²) in [5, 5.41) is 0. The molecule has 0 aliphatic rings. The third-order valence-corrected chi connectivity index (χ3v) is 3.85. The van der Waals surface area contributed by atoms with Crippen LogP contribution in [0.1, 0.15) is 17.7 Å². The molecule has 0 atom stereocenters. The number of hydrogen-bond donors (Lipinski definition) is 0. The summed E-state index contributed by atoms with van der Waals surface area (Å²) in [4.78, 5) is 15.3. The molecule has 0 N–H and O–H groups in total. The summed E-state index contributed by atoms with van der Waals surface area (Å²) in [6, 6.07) is 11.7. The van der Waals surface area contributed by atoms with Gasteiger partial charge in [0.2, 0.25) is 5.88 Å². The fourth-order valence-electron chi connectivity index (χ4n) is 2.41. The zero-order valence-corrected chi connectivity index (χ0v) is 15.8. The van der Waals surface area contributed by atoms with Crippen LogP contribution in [0.3, 0.4) is 0 Å². The number of benzene rings is 1. The molecule has 2 aromatic heterocycles. The van der Waals surface area contributed by atoms with Crippen molar-refractivity contribution >= 4 is 16.9 Å². The molecule has 138 valence electrons. The molecule has 0 saturated heterocycles. The highest BCUT2D eigenvalue weighted by Gasteiger charge is 2.09. The first-order valence-electron chi connectivity index (χ1n) is 8.71. The van der Waals surface area contributed by atoms with E-state index in [0.29, 0.717) is 36.0 Å². The van der Waals surface area contributed by atoms with Crippen molar-refractivity contribution in [3.05, 3.63) is 53.9 Å². The monoisotopic (exact) mass is 362 g/mol. The molecule has 2 heterocycles. The molecule has 6 nitrogen and oxygen atoms in total. The number of fused-ring (bicyclic) bond motifs is 1. The first-order chi connectivity index (χ1) is 13.2. The molecule has 0 saturated carbocycles. The van der Waals surface area contributed by atoms with Crippen molar-refractivity contribution < 1.29 is 9.47 Å². The number of methoxy groups -OCH3 is 1.